The van der Waals surface area contributed by atoms with Crippen molar-refractivity contribution in [3.05, 3.63) is 23.2 Å². The Morgan fingerprint density at radius 3 is 2.55 bits per heavy atom. The molecule has 22 heavy (non-hydrogen) atoms. The number of hydrogen-bond acceptors (Lipinski definition) is 4. The van der Waals surface area contributed by atoms with Crippen LogP contribution in [0, 0.1) is 0 Å². The van der Waals surface area contributed by atoms with Gasteiger partial charge in [-0.05, 0) is 44.1 Å². The minimum absolute atomic E-state index is 0.0415. The molecule has 1 aliphatic rings. The van der Waals surface area contributed by atoms with Gasteiger partial charge in [-0.25, -0.2) is 8.42 Å². The van der Waals surface area contributed by atoms with E-state index in [4.69, 9.17) is 11.6 Å². The van der Waals surface area contributed by atoms with Gasteiger partial charge in [0.15, 0.2) is 0 Å². The summed E-state index contributed by atoms with van der Waals surface area (Å²) in [4.78, 5) is -0.0415. The molecule has 124 valence electrons. The highest BCUT2D eigenvalue weighted by atomic mass is 35.5. The Morgan fingerprint density at radius 1 is 1.36 bits per heavy atom. The van der Waals surface area contributed by atoms with E-state index in [1.807, 2.05) is 0 Å². The number of piperidine rings is 1. The number of benzene rings is 1. The van der Waals surface area contributed by atoms with Crippen LogP contribution in [0.3, 0.4) is 0 Å². The molecular formula is C13H17ClF2N2O3S. The number of hydrogen-bond donors (Lipinski definition) is 1. The summed E-state index contributed by atoms with van der Waals surface area (Å²) in [7, 11) is -2.21. The summed E-state index contributed by atoms with van der Waals surface area (Å²) in [6.45, 7) is -1.50. The van der Waals surface area contributed by atoms with Gasteiger partial charge < -0.3 is 10.1 Å². The van der Waals surface area contributed by atoms with Crippen molar-refractivity contribution in [2.75, 3.05) is 20.1 Å². The van der Waals surface area contributed by atoms with Crippen LogP contribution in [0.15, 0.2) is 23.1 Å². The van der Waals surface area contributed by atoms with E-state index in [1.54, 1.807) is 0 Å². The lowest BCUT2D eigenvalue weighted by Crippen LogP contribution is -2.43. The molecule has 1 N–H and O–H groups in total. The predicted molar refractivity (Wildman–Crippen MR) is 78.9 cm³/mol. The van der Waals surface area contributed by atoms with Crippen LogP contribution in [0.25, 0.3) is 0 Å². The van der Waals surface area contributed by atoms with Crippen molar-refractivity contribution in [2.45, 2.75) is 30.4 Å². The summed E-state index contributed by atoms with van der Waals surface area (Å²) >= 11 is 5.82. The quantitative estimate of drug-likeness (QED) is 0.881. The third-order valence-corrected chi connectivity index (χ3v) is 5.82. The molecule has 2 rings (SSSR count). The SMILES string of the molecule is CN(C1CCNCC1)S(=O)(=O)c1ccc(OC(F)F)c(Cl)c1. The molecule has 1 heterocycles. The maximum absolute atomic E-state index is 12.6. The number of rotatable bonds is 5. The Kier molecular flexibility index (Phi) is 5.60. The van der Waals surface area contributed by atoms with Gasteiger partial charge >= 0.3 is 6.61 Å². The lowest BCUT2D eigenvalue weighted by atomic mass is 10.1. The lowest BCUT2D eigenvalue weighted by Gasteiger charge is -2.30. The summed E-state index contributed by atoms with van der Waals surface area (Å²) in [5.74, 6) is -0.250. The van der Waals surface area contributed by atoms with Crippen LogP contribution in [0.4, 0.5) is 8.78 Å². The van der Waals surface area contributed by atoms with E-state index in [2.05, 4.69) is 10.1 Å². The van der Waals surface area contributed by atoms with Crippen LogP contribution in [-0.4, -0.2) is 45.5 Å². The molecule has 1 aromatic carbocycles. The van der Waals surface area contributed by atoms with Crippen LogP contribution in [-0.2, 0) is 10.0 Å². The normalized spacial score (nSPS) is 17.2. The summed E-state index contributed by atoms with van der Waals surface area (Å²) in [5.41, 5.74) is 0. The number of halogens is 3. The van der Waals surface area contributed by atoms with Crippen molar-refractivity contribution in [1.29, 1.82) is 0 Å². The van der Waals surface area contributed by atoms with Gasteiger partial charge in [0.05, 0.1) is 9.92 Å². The van der Waals surface area contributed by atoms with E-state index < -0.39 is 16.6 Å². The Hall–Kier alpha value is -0.960. The van der Waals surface area contributed by atoms with E-state index >= 15 is 0 Å². The second-order valence-electron chi connectivity index (χ2n) is 4.97. The average molecular weight is 355 g/mol. The highest BCUT2D eigenvalue weighted by Gasteiger charge is 2.29. The number of ether oxygens (including phenoxy) is 1. The molecule has 0 saturated carbocycles. The second-order valence-corrected chi connectivity index (χ2v) is 7.38. The fourth-order valence-electron chi connectivity index (χ4n) is 2.37. The number of nitrogens with one attached hydrogen (secondary N) is 1. The molecule has 5 nitrogen and oxygen atoms in total. The van der Waals surface area contributed by atoms with Crippen LogP contribution >= 0.6 is 11.6 Å². The molecule has 0 aliphatic carbocycles. The molecule has 0 unspecified atom stereocenters. The fourth-order valence-corrected chi connectivity index (χ4v) is 4.10. The van der Waals surface area contributed by atoms with Crippen molar-refractivity contribution in [3.63, 3.8) is 0 Å². The van der Waals surface area contributed by atoms with Crippen LogP contribution < -0.4 is 10.1 Å². The first-order valence-electron chi connectivity index (χ1n) is 6.75. The minimum Gasteiger partial charge on any atom is -0.433 e. The summed E-state index contributed by atoms with van der Waals surface area (Å²) in [6.07, 6.45) is 1.44. The Balaban J connectivity index is 2.23. The van der Waals surface area contributed by atoms with Crippen molar-refractivity contribution < 1.29 is 21.9 Å². The van der Waals surface area contributed by atoms with Crippen LogP contribution in [0.2, 0.25) is 5.02 Å². The highest BCUT2D eigenvalue weighted by molar-refractivity contribution is 7.89. The topological polar surface area (TPSA) is 58.6 Å². The largest absolute Gasteiger partial charge is 0.433 e. The molecular weight excluding hydrogens is 338 g/mol. The third-order valence-electron chi connectivity index (χ3n) is 3.62. The molecule has 1 saturated heterocycles. The van der Waals surface area contributed by atoms with Crippen molar-refractivity contribution in [3.8, 4) is 5.75 Å². The minimum atomic E-state index is -3.73. The first kappa shape index (κ1) is 17.4. The molecule has 0 spiro atoms. The Bertz CT molecular complexity index is 622. The van der Waals surface area contributed by atoms with E-state index in [-0.39, 0.29) is 21.7 Å². The Labute approximate surface area is 133 Å². The van der Waals surface area contributed by atoms with Crippen molar-refractivity contribution in [2.24, 2.45) is 0 Å². The number of nitrogens with zero attached hydrogens (tertiary/aromatic N) is 1. The molecule has 1 fully saturated rings. The van der Waals surface area contributed by atoms with E-state index in [0.29, 0.717) is 0 Å². The second kappa shape index (κ2) is 7.08. The van der Waals surface area contributed by atoms with Crippen LogP contribution in [0.1, 0.15) is 12.8 Å². The first-order valence-corrected chi connectivity index (χ1v) is 8.57. The first-order chi connectivity index (χ1) is 10.3. The molecule has 0 atom stereocenters. The van der Waals surface area contributed by atoms with Crippen LogP contribution in [0.5, 0.6) is 5.75 Å². The van der Waals surface area contributed by atoms with Gasteiger partial charge in [0.25, 0.3) is 0 Å². The third kappa shape index (κ3) is 3.87. The summed E-state index contributed by atoms with van der Waals surface area (Å²) < 4.78 is 55.1. The number of sulfonamides is 1. The predicted octanol–water partition coefficient (Wildman–Crippen LogP) is 2.31. The summed E-state index contributed by atoms with van der Waals surface area (Å²) in [6, 6.07) is 3.39. The number of alkyl halides is 2. The molecule has 0 radical (unpaired) electrons. The highest BCUT2D eigenvalue weighted by Crippen LogP contribution is 2.30. The van der Waals surface area contributed by atoms with Gasteiger partial charge in [0.1, 0.15) is 5.75 Å². The molecule has 0 bridgehead atoms. The molecule has 1 aromatic rings. The Morgan fingerprint density at radius 2 is 2.00 bits per heavy atom. The van der Waals surface area contributed by atoms with Gasteiger partial charge in [-0.2, -0.15) is 13.1 Å². The van der Waals surface area contributed by atoms with Gasteiger partial charge in [-0.3, -0.25) is 0 Å². The van der Waals surface area contributed by atoms with Gasteiger partial charge in [-0.1, -0.05) is 11.6 Å². The maximum Gasteiger partial charge on any atom is 0.387 e. The lowest BCUT2D eigenvalue weighted by molar-refractivity contribution is -0.0498. The summed E-state index contributed by atoms with van der Waals surface area (Å²) in [5, 5.41) is 3.00. The zero-order valence-corrected chi connectivity index (χ0v) is 13.5. The smallest absolute Gasteiger partial charge is 0.387 e. The zero-order chi connectivity index (χ0) is 16.3. The van der Waals surface area contributed by atoms with Crippen molar-refractivity contribution >= 4 is 21.6 Å². The molecule has 9 heteroatoms. The average Bonchev–Trinajstić information content (AvgIpc) is 2.49. The molecule has 0 aromatic heterocycles. The monoisotopic (exact) mass is 354 g/mol. The van der Waals surface area contributed by atoms with E-state index in [9.17, 15) is 17.2 Å². The molecule has 0 amide bonds. The van der Waals surface area contributed by atoms with E-state index in [0.717, 1.165) is 38.1 Å². The molecule has 1 aliphatic heterocycles. The zero-order valence-electron chi connectivity index (χ0n) is 11.9. The van der Waals surface area contributed by atoms with E-state index in [1.165, 1.54) is 17.4 Å². The van der Waals surface area contributed by atoms with Gasteiger partial charge in [0, 0.05) is 13.1 Å². The van der Waals surface area contributed by atoms with Gasteiger partial charge in [-0.15, -0.1) is 0 Å². The maximum atomic E-state index is 12.6. The fraction of sp³-hybridized carbons (Fsp3) is 0.538. The van der Waals surface area contributed by atoms with Crippen molar-refractivity contribution in [1.82, 2.24) is 9.62 Å². The van der Waals surface area contributed by atoms with Gasteiger partial charge in [0.2, 0.25) is 10.0 Å². The standard InChI is InChI=1S/C13H17ClF2N2O3S/c1-18(9-4-6-17-7-5-9)22(19,20)10-2-3-12(11(14)8-10)21-13(15)16/h2-3,8-9,13,17H,4-7H2,1H3.